The summed E-state index contributed by atoms with van der Waals surface area (Å²) in [5, 5.41) is 0. The van der Waals surface area contributed by atoms with E-state index in [9.17, 15) is 9.59 Å². The molecule has 0 N–H and O–H groups in total. The van der Waals surface area contributed by atoms with Crippen molar-refractivity contribution in [1.82, 2.24) is 14.3 Å². The maximum atomic E-state index is 13.5. The fourth-order valence-corrected chi connectivity index (χ4v) is 4.98. The molecule has 0 radical (unpaired) electrons. The molecule has 0 spiro atoms. The summed E-state index contributed by atoms with van der Waals surface area (Å²) in [5.41, 5.74) is 1.40. The van der Waals surface area contributed by atoms with Gasteiger partial charge < -0.3 is 9.15 Å². The first-order chi connectivity index (χ1) is 17.2. The van der Waals surface area contributed by atoms with Crippen LogP contribution < -0.4 is 10.3 Å². The summed E-state index contributed by atoms with van der Waals surface area (Å²) in [5.74, 6) is 0.961. The number of hydrogen-bond acceptors (Lipinski definition) is 7. The predicted molar refractivity (Wildman–Crippen MR) is 144 cm³/mol. The lowest BCUT2D eigenvalue weighted by Gasteiger charge is -2.19. The average molecular weight is 518 g/mol. The average Bonchev–Trinajstić information content (AvgIpc) is 3.45. The van der Waals surface area contributed by atoms with Crippen molar-refractivity contribution in [1.29, 1.82) is 0 Å². The third kappa shape index (κ3) is 4.72. The van der Waals surface area contributed by atoms with Crippen molar-refractivity contribution in [2.45, 2.75) is 32.7 Å². The normalized spacial score (nSPS) is 15.3. The Balaban J connectivity index is 1.55. The number of aromatic nitrogens is 2. The Morgan fingerprint density at radius 1 is 1.08 bits per heavy atom. The van der Waals surface area contributed by atoms with Crippen LogP contribution in [0.25, 0.3) is 11.7 Å². The van der Waals surface area contributed by atoms with Crippen LogP contribution in [-0.4, -0.2) is 24.5 Å². The van der Waals surface area contributed by atoms with Gasteiger partial charge >= 0.3 is 0 Å². The molecular weight excluding hydrogens is 494 g/mol. The van der Waals surface area contributed by atoms with Crippen LogP contribution in [-0.2, 0) is 16.8 Å². The van der Waals surface area contributed by atoms with Gasteiger partial charge in [0.15, 0.2) is 0 Å². The number of hydrogen-bond donors (Lipinski definition) is 0. The van der Waals surface area contributed by atoms with Crippen LogP contribution in [0.3, 0.4) is 0 Å². The lowest BCUT2D eigenvalue weighted by atomic mass is 9.87. The molecule has 4 aromatic rings. The van der Waals surface area contributed by atoms with Gasteiger partial charge in [-0.25, -0.2) is 0 Å². The second-order valence-electron chi connectivity index (χ2n) is 9.29. The minimum absolute atomic E-state index is 0.00582. The second kappa shape index (κ2) is 9.40. The zero-order chi connectivity index (χ0) is 25.4. The van der Waals surface area contributed by atoms with E-state index in [0.29, 0.717) is 26.4 Å². The molecule has 1 fully saturated rings. The zero-order valence-electron chi connectivity index (χ0n) is 19.9. The predicted octanol–water partition coefficient (Wildman–Crippen LogP) is 5.78. The van der Waals surface area contributed by atoms with E-state index in [-0.39, 0.29) is 34.9 Å². The van der Waals surface area contributed by atoms with Gasteiger partial charge in [-0.05, 0) is 53.5 Å². The Kier molecular flexibility index (Phi) is 6.27. The standard InChI is InChI=1S/C27H23N3O4S2/c1-27(2,3)17-9-11-18(12-10-17)34-23-20(24(31)29-13-5-4-8-22(29)28-23)15-21-25(32)30(26(35)36-21)16-19-7-6-14-33-19/h4-15H,16H2,1-3H3/b21-15+. The van der Waals surface area contributed by atoms with Crippen molar-refractivity contribution in [3.63, 3.8) is 0 Å². The Morgan fingerprint density at radius 2 is 1.86 bits per heavy atom. The van der Waals surface area contributed by atoms with Gasteiger partial charge in [0.1, 0.15) is 27.0 Å². The third-order valence-electron chi connectivity index (χ3n) is 5.71. The summed E-state index contributed by atoms with van der Waals surface area (Å²) in [6, 6.07) is 16.5. The Labute approximate surface area is 217 Å². The molecule has 0 saturated carbocycles. The van der Waals surface area contributed by atoms with E-state index in [1.807, 2.05) is 24.3 Å². The summed E-state index contributed by atoms with van der Waals surface area (Å²) in [7, 11) is 0. The highest BCUT2D eigenvalue weighted by molar-refractivity contribution is 8.26. The van der Waals surface area contributed by atoms with Crippen molar-refractivity contribution in [3.05, 3.63) is 99.2 Å². The molecule has 3 aromatic heterocycles. The molecule has 1 saturated heterocycles. The number of pyridine rings is 1. The minimum Gasteiger partial charge on any atom is -0.467 e. The number of ether oxygens (including phenoxy) is 1. The number of thioether (sulfide) groups is 1. The number of benzene rings is 1. The van der Waals surface area contributed by atoms with Gasteiger partial charge in [0.25, 0.3) is 11.5 Å². The zero-order valence-corrected chi connectivity index (χ0v) is 21.6. The highest BCUT2D eigenvalue weighted by atomic mass is 32.2. The minimum atomic E-state index is -0.349. The molecule has 4 heterocycles. The lowest BCUT2D eigenvalue weighted by Crippen LogP contribution is -2.27. The van der Waals surface area contributed by atoms with Crippen molar-refractivity contribution in [2.75, 3.05) is 0 Å². The molecule has 1 aliphatic rings. The van der Waals surface area contributed by atoms with Crippen LogP contribution in [0.15, 0.2) is 81.2 Å². The number of furan rings is 1. The van der Waals surface area contributed by atoms with E-state index in [0.717, 1.165) is 17.3 Å². The van der Waals surface area contributed by atoms with Crippen LogP contribution in [0.5, 0.6) is 11.6 Å². The Hall–Kier alpha value is -3.69. The number of rotatable bonds is 5. The highest BCUT2D eigenvalue weighted by Gasteiger charge is 2.33. The van der Waals surface area contributed by atoms with E-state index < -0.39 is 0 Å². The van der Waals surface area contributed by atoms with E-state index in [4.69, 9.17) is 21.4 Å². The topological polar surface area (TPSA) is 77.1 Å². The van der Waals surface area contributed by atoms with E-state index in [1.165, 1.54) is 15.4 Å². The molecule has 7 nitrogen and oxygen atoms in total. The molecule has 9 heteroatoms. The molecule has 0 unspecified atom stereocenters. The first kappa shape index (κ1) is 24.0. The summed E-state index contributed by atoms with van der Waals surface area (Å²) in [6.45, 7) is 6.62. The summed E-state index contributed by atoms with van der Waals surface area (Å²) in [6.07, 6.45) is 4.68. The summed E-state index contributed by atoms with van der Waals surface area (Å²) >= 11 is 6.56. The van der Waals surface area contributed by atoms with Gasteiger partial charge in [0.05, 0.1) is 17.7 Å². The molecule has 1 amide bonds. The van der Waals surface area contributed by atoms with E-state index in [1.54, 1.807) is 42.8 Å². The number of carbonyl (C=O) groups excluding carboxylic acids is 1. The number of carbonyl (C=O) groups is 1. The van der Waals surface area contributed by atoms with Crippen LogP contribution in [0.2, 0.25) is 0 Å². The smallest absolute Gasteiger partial charge is 0.269 e. The third-order valence-corrected chi connectivity index (χ3v) is 7.09. The first-order valence-corrected chi connectivity index (χ1v) is 12.5. The highest BCUT2D eigenvalue weighted by Crippen LogP contribution is 2.35. The van der Waals surface area contributed by atoms with E-state index >= 15 is 0 Å². The van der Waals surface area contributed by atoms with Gasteiger partial charge in [-0.15, -0.1) is 0 Å². The van der Waals surface area contributed by atoms with Gasteiger partial charge in [-0.1, -0.05) is 63.0 Å². The Morgan fingerprint density at radius 3 is 2.56 bits per heavy atom. The van der Waals surface area contributed by atoms with Crippen LogP contribution in [0.1, 0.15) is 37.7 Å². The van der Waals surface area contributed by atoms with Crippen molar-refractivity contribution >= 4 is 45.9 Å². The molecule has 0 bridgehead atoms. The first-order valence-electron chi connectivity index (χ1n) is 11.3. The van der Waals surface area contributed by atoms with Gasteiger partial charge in [0, 0.05) is 6.20 Å². The fraction of sp³-hybridized carbons (Fsp3) is 0.185. The summed E-state index contributed by atoms with van der Waals surface area (Å²) in [4.78, 5) is 33.0. The number of amides is 1. The number of nitrogens with zero attached hydrogens (tertiary/aromatic N) is 3. The number of fused-ring (bicyclic) bond motifs is 1. The lowest BCUT2D eigenvalue weighted by molar-refractivity contribution is -0.122. The maximum Gasteiger partial charge on any atom is 0.269 e. The quantitative estimate of drug-likeness (QED) is 0.245. The number of thiocarbonyl (C=S) groups is 1. The molecular formula is C27H23N3O4S2. The molecule has 1 aliphatic heterocycles. The molecule has 0 atom stereocenters. The van der Waals surface area contributed by atoms with Crippen molar-refractivity contribution < 1.29 is 13.9 Å². The SMILES string of the molecule is CC(C)(C)c1ccc(Oc2nc3ccccn3c(=O)c2/C=C2/SC(=S)N(Cc3ccco3)C2=O)cc1. The van der Waals surface area contributed by atoms with E-state index in [2.05, 4.69) is 25.8 Å². The monoisotopic (exact) mass is 517 g/mol. The molecule has 0 aliphatic carbocycles. The van der Waals surface area contributed by atoms with Crippen molar-refractivity contribution in [3.8, 4) is 11.6 Å². The second-order valence-corrected chi connectivity index (χ2v) is 11.0. The molecule has 1 aromatic carbocycles. The van der Waals surface area contributed by atoms with Gasteiger partial charge in [0.2, 0.25) is 5.88 Å². The van der Waals surface area contributed by atoms with Crippen LogP contribution >= 0.6 is 24.0 Å². The molecule has 5 rings (SSSR count). The molecule has 182 valence electrons. The van der Waals surface area contributed by atoms with Gasteiger partial charge in [-0.2, -0.15) is 4.98 Å². The fourth-order valence-electron chi connectivity index (χ4n) is 3.74. The Bertz CT molecular complexity index is 1550. The van der Waals surface area contributed by atoms with Gasteiger partial charge in [-0.3, -0.25) is 18.9 Å². The van der Waals surface area contributed by atoms with Crippen molar-refractivity contribution in [2.24, 2.45) is 0 Å². The largest absolute Gasteiger partial charge is 0.467 e. The van der Waals surface area contributed by atoms with Crippen LogP contribution in [0.4, 0.5) is 0 Å². The maximum absolute atomic E-state index is 13.5. The molecule has 36 heavy (non-hydrogen) atoms. The van der Waals surface area contributed by atoms with Crippen LogP contribution in [0, 0.1) is 0 Å². The summed E-state index contributed by atoms with van der Waals surface area (Å²) < 4.78 is 13.3.